The molecule has 0 spiro atoms. The number of nitrogens with zero attached hydrogens (tertiary/aromatic N) is 2. The van der Waals surface area contributed by atoms with Gasteiger partial charge in [-0.25, -0.2) is 4.79 Å². The Morgan fingerprint density at radius 1 is 1.00 bits per heavy atom. The molecule has 0 aliphatic carbocycles. The van der Waals surface area contributed by atoms with Crippen molar-refractivity contribution in [3.05, 3.63) is 88.0 Å². The van der Waals surface area contributed by atoms with E-state index in [0.717, 1.165) is 14.8 Å². The Hall–Kier alpha value is -2.94. The number of benzene rings is 2. The second kappa shape index (κ2) is 11.3. The Morgan fingerprint density at radius 2 is 1.60 bits per heavy atom. The number of rotatable bonds is 8. The van der Waals surface area contributed by atoms with Gasteiger partial charge in [0.25, 0.3) is 5.91 Å². The number of para-hydroxylation sites is 1. The van der Waals surface area contributed by atoms with Crippen LogP contribution in [0.15, 0.2) is 78.9 Å². The molecule has 0 atom stereocenters. The Morgan fingerprint density at radius 3 is 2.23 bits per heavy atom. The van der Waals surface area contributed by atoms with E-state index in [1.165, 1.54) is 29.1 Å². The predicted octanol–water partition coefficient (Wildman–Crippen LogP) is 3.57. The Labute approximate surface area is 190 Å². The molecule has 0 bridgehead atoms. The molecule has 2 aromatic rings. The van der Waals surface area contributed by atoms with Gasteiger partial charge in [-0.15, -0.1) is 0 Å². The van der Waals surface area contributed by atoms with E-state index in [4.69, 9.17) is 0 Å². The SMILES string of the molecule is C=C(CN(Cc1ccccc1)C(=O)/C=C/C(=O)N(C)c1ccccc1I)C(=O)OC. The number of carbonyl (C=O) groups is 3. The monoisotopic (exact) mass is 518 g/mol. The molecule has 0 saturated carbocycles. The van der Waals surface area contributed by atoms with Gasteiger partial charge in [0, 0.05) is 34.9 Å². The van der Waals surface area contributed by atoms with Crippen molar-refractivity contribution < 1.29 is 19.1 Å². The van der Waals surface area contributed by atoms with Crippen LogP contribution in [0.4, 0.5) is 5.69 Å². The summed E-state index contributed by atoms with van der Waals surface area (Å²) in [5.74, 6) is -1.33. The minimum atomic E-state index is -0.584. The van der Waals surface area contributed by atoms with Crippen molar-refractivity contribution in [3.63, 3.8) is 0 Å². The summed E-state index contributed by atoms with van der Waals surface area (Å²) in [4.78, 5) is 40.0. The first kappa shape index (κ1) is 23.3. The molecule has 0 aliphatic rings. The Bertz CT molecular complexity index is 957. The normalized spacial score (nSPS) is 10.5. The van der Waals surface area contributed by atoms with Gasteiger partial charge in [0.1, 0.15) is 0 Å². The number of anilines is 1. The van der Waals surface area contributed by atoms with Gasteiger partial charge in [0.05, 0.1) is 19.3 Å². The molecular formula is C23H23IN2O4. The van der Waals surface area contributed by atoms with Crippen LogP contribution in [0.3, 0.4) is 0 Å². The average molecular weight is 518 g/mol. The molecule has 2 rings (SSSR count). The van der Waals surface area contributed by atoms with Crippen molar-refractivity contribution in [3.8, 4) is 0 Å². The molecule has 0 aliphatic heterocycles. The summed E-state index contributed by atoms with van der Waals surface area (Å²) < 4.78 is 5.60. The number of likely N-dealkylation sites (N-methyl/N-ethyl adjacent to an activating group) is 1. The van der Waals surface area contributed by atoms with E-state index >= 15 is 0 Å². The highest BCUT2D eigenvalue weighted by atomic mass is 127. The molecule has 0 N–H and O–H groups in total. The zero-order chi connectivity index (χ0) is 22.1. The van der Waals surface area contributed by atoms with Crippen LogP contribution in [-0.2, 0) is 25.7 Å². The van der Waals surface area contributed by atoms with Crippen LogP contribution in [0.5, 0.6) is 0 Å². The summed E-state index contributed by atoms with van der Waals surface area (Å²) in [5, 5.41) is 0. The number of amides is 2. The van der Waals surface area contributed by atoms with E-state index in [9.17, 15) is 14.4 Å². The smallest absolute Gasteiger partial charge is 0.334 e. The second-order valence-corrected chi connectivity index (χ2v) is 7.62. The van der Waals surface area contributed by atoms with Gasteiger partial charge in [-0.3, -0.25) is 9.59 Å². The molecule has 0 aromatic heterocycles. The second-order valence-electron chi connectivity index (χ2n) is 6.46. The van der Waals surface area contributed by atoms with Gasteiger partial charge in [-0.05, 0) is 40.3 Å². The summed E-state index contributed by atoms with van der Waals surface area (Å²) in [6.07, 6.45) is 2.44. The van der Waals surface area contributed by atoms with Gasteiger partial charge in [0.2, 0.25) is 5.91 Å². The third-order valence-electron chi connectivity index (χ3n) is 4.30. The Balaban J connectivity index is 2.15. The molecule has 0 unspecified atom stereocenters. The lowest BCUT2D eigenvalue weighted by atomic mass is 10.2. The van der Waals surface area contributed by atoms with Crippen molar-refractivity contribution in [2.45, 2.75) is 6.54 Å². The molecule has 6 nitrogen and oxygen atoms in total. The maximum absolute atomic E-state index is 12.8. The highest BCUT2D eigenvalue weighted by Gasteiger charge is 2.18. The maximum Gasteiger partial charge on any atom is 0.334 e. The van der Waals surface area contributed by atoms with Crippen LogP contribution in [-0.4, -0.2) is 43.4 Å². The van der Waals surface area contributed by atoms with Crippen molar-refractivity contribution in [2.24, 2.45) is 0 Å². The third kappa shape index (κ3) is 6.55. The molecule has 7 heteroatoms. The van der Waals surface area contributed by atoms with Crippen LogP contribution in [0.2, 0.25) is 0 Å². The number of carbonyl (C=O) groups excluding carboxylic acids is 3. The summed E-state index contributed by atoms with van der Waals surface area (Å²) in [7, 11) is 2.91. The lowest BCUT2D eigenvalue weighted by molar-refractivity contribution is -0.136. The number of hydrogen-bond donors (Lipinski definition) is 0. The zero-order valence-electron chi connectivity index (χ0n) is 16.9. The largest absolute Gasteiger partial charge is 0.466 e. The molecular weight excluding hydrogens is 495 g/mol. The van der Waals surface area contributed by atoms with E-state index in [1.54, 1.807) is 7.05 Å². The standard InChI is InChI=1S/C23H23IN2O4/c1-17(23(29)30-3)15-26(16-18-9-5-4-6-10-18)22(28)14-13-21(27)25(2)20-12-8-7-11-19(20)24/h4-14H,1,15-16H2,2-3H3/b14-13+. The zero-order valence-corrected chi connectivity index (χ0v) is 19.0. The molecule has 0 radical (unpaired) electrons. The van der Waals surface area contributed by atoms with Gasteiger partial charge in [0.15, 0.2) is 0 Å². The van der Waals surface area contributed by atoms with Gasteiger partial charge >= 0.3 is 5.97 Å². The number of ether oxygens (including phenoxy) is 1. The van der Waals surface area contributed by atoms with Crippen LogP contribution >= 0.6 is 22.6 Å². The van der Waals surface area contributed by atoms with Crippen LogP contribution in [0, 0.1) is 3.57 Å². The van der Waals surface area contributed by atoms with E-state index < -0.39 is 11.9 Å². The number of halogens is 1. The van der Waals surface area contributed by atoms with Crippen molar-refractivity contribution >= 4 is 46.1 Å². The van der Waals surface area contributed by atoms with E-state index in [1.807, 2.05) is 54.6 Å². The van der Waals surface area contributed by atoms with Crippen molar-refractivity contribution in [2.75, 3.05) is 25.6 Å². The minimum absolute atomic E-state index is 0.00858. The fraction of sp³-hybridized carbons (Fsp3) is 0.174. The number of hydrogen-bond acceptors (Lipinski definition) is 4. The minimum Gasteiger partial charge on any atom is -0.466 e. The number of esters is 1. The summed E-state index contributed by atoms with van der Waals surface area (Å²) in [6.45, 7) is 3.95. The molecule has 0 heterocycles. The van der Waals surface area contributed by atoms with Gasteiger partial charge < -0.3 is 14.5 Å². The third-order valence-corrected chi connectivity index (χ3v) is 5.21. The van der Waals surface area contributed by atoms with Crippen LogP contribution in [0.25, 0.3) is 0 Å². The highest BCUT2D eigenvalue weighted by molar-refractivity contribution is 14.1. The number of methoxy groups -OCH3 is 1. The van der Waals surface area contributed by atoms with E-state index in [0.29, 0.717) is 0 Å². The van der Waals surface area contributed by atoms with E-state index in [-0.39, 0.29) is 24.6 Å². The lowest BCUT2D eigenvalue weighted by Crippen LogP contribution is -2.33. The molecule has 156 valence electrons. The van der Waals surface area contributed by atoms with Crippen molar-refractivity contribution in [1.29, 1.82) is 0 Å². The quantitative estimate of drug-likeness (QED) is 0.305. The van der Waals surface area contributed by atoms with Crippen LogP contribution < -0.4 is 4.90 Å². The van der Waals surface area contributed by atoms with Gasteiger partial charge in [-0.1, -0.05) is 49.0 Å². The predicted molar refractivity (Wildman–Crippen MR) is 125 cm³/mol. The maximum atomic E-state index is 12.8. The van der Waals surface area contributed by atoms with Crippen molar-refractivity contribution in [1.82, 2.24) is 4.90 Å². The van der Waals surface area contributed by atoms with Crippen LogP contribution in [0.1, 0.15) is 5.56 Å². The van der Waals surface area contributed by atoms with Gasteiger partial charge in [-0.2, -0.15) is 0 Å². The summed E-state index contributed by atoms with van der Waals surface area (Å²) >= 11 is 2.15. The first-order valence-electron chi connectivity index (χ1n) is 9.12. The average Bonchev–Trinajstić information content (AvgIpc) is 2.76. The molecule has 0 fully saturated rings. The van der Waals surface area contributed by atoms with E-state index in [2.05, 4.69) is 33.9 Å². The lowest BCUT2D eigenvalue weighted by Gasteiger charge is -2.22. The Kier molecular flexibility index (Phi) is 8.79. The summed E-state index contributed by atoms with van der Waals surface area (Å²) in [6, 6.07) is 16.8. The topological polar surface area (TPSA) is 66.9 Å². The molecule has 2 amide bonds. The molecule has 2 aromatic carbocycles. The summed E-state index contributed by atoms with van der Waals surface area (Å²) in [5.41, 5.74) is 1.79. The first-order valence-corrected chi connectivity index (χ1v) is 10.2. The first-order chi connectivity index (χ1) is 14.3. The highest BCUT2D eigenvalue weighted by Crippen LogP contribution is 2.21. The molecule has 0 saturated heterocycles. The fourth-order valence-corrected chi connectivity index (χ4v) is 3.41. The molecule has 30 heavy (non-hydrogen) atoms. The fourth-order valence-electron chi connectivity index (χ4n) is 2.66.